The summed E-state index contributed by atoms with van der Waals surface area (Å²) < 4.78 is 11.0. The van der Waals surface area contributed by atoms with Crippen molar-refractivity contribution in [3.63, 3.8) is 0 Å². The third kappa shape index (κ3) is 7.84. The number of alkyl halides is 1. The molecule has 1 rings (SSSR count). The van der Waals surface area contributed by atoms with E-state index in [4.69, 9.17) is 32.7 Å². The molecule has 0 radical (unpaired) electrons. The molecular weight excluding hydrogens is 363 g/mol. The van der Waals surface area contributed by atoms with Crippen LogP contribution < -0.4 is 0 Å². The second-order valence-electron chi connectivity index (χ2n) is 4.47. The van der Waals surface area contributed by atoms with Gasteiger partial charge in [0.2, 0.25) is 0 Å². The molecule has 1 aromatic rings. The molecule has 114 valence electrons. The molecule has 0 unspecified atom stereocenters. The molecule has 0 fully saturated rings. The van der Waals surface area contributed by atoms with Gasteiger partial charge >= 0.3 is 0 Å². The molecule has 0 atom stereocenters. The van der Waals surface area contributed by atoms with Crippen molar-refractivity contribution in [2.45, 2.75) is 32.3 Å². The van der Waals surface area contributed by atoms with Crippen molar-refractivity contribution in [2.24, 2.45) is 0 Å². The minimum absolute atomic E-state index is 0.424. The molecule has 0 aliphatic rings. The van der Waals surface area contributed by atoms with Gasteiger partial charge in [0, 0.05) is 27.5 Å². The molecule has 0 spiro atoms. The summed E-state index contributed by atoms with van der Waals surface area (Å²) in [6, 6.07) is 5.46. The number of halogens is 3. The van der Waals surface area contributed by atoms with Gasteiger partial charge in [-0.25, -0.2) is 0 Å². The van der Waals surface area contributed by atoms with Gasteiger partial charge in [0.15, 0.2) is 0 Å². The van der Waals surface area contributed by atoms with Gasteiger partial charge in [0.25, 0.3) is 0 Å². The Labute approximate surface area is 139 Å². The molecular formula is C15H21BrCl2O2. The number of benzene rings is 1. The summed E-state index contributed by atoms with van der Waals surface area (Å²) in [6.45, 7) is 2.40. The predicted octanol–water partition coefficient (Wildman–Crippen LogP) is 5.48. The van der Waals surface area contributed by atoms with E-state index in [0.29, 0.717) is 29.9 Å². The van der Waals surface area contributed by atoms with Crippen molar-refractivity contribution in [1.29, 1.82) is 0 Å². The van der Waals surface area contributed by atoms with Crippen LogP contribution in [0.25, 0.3) is 0 Å². The molecule has 0 saturated heterocycles. The van der Waals surface area contributed by atoms with E-state index in [1.54, 1.807) is 0 Å². The Hall–Kier alpha value is 0.200. The number of hydrogen-bond acceptors (Lipinski definition) is 2. The Morgan fingerprint density at radius 1 is 0.850 bits per heavy atom. The highest BCUT2D eigenvalue weighted by Gasteiger charge is 2.04. The summed E-state index contributed by atoms with van der Waals surface area (Å²) in [4.78, 5) is 0. The van der Waals surface area contributed by atoms with Crippen LogP contribution in [-0.2, 0) is 16.1 Å². The average Bonchev–Trinajstić information content (AvgIpc) is 2.43. The van der Waals surface area contributed by atoms with E-state index in [1.165, 1.54) is 19.3 Å². The summed E-state index contributed by atoms with van der Waals surface area (Å²) >= 11 is 15.5. The predicted molar refractivity (Wildman–Crippen MR) is 89.2 cm³/mol. The normalized spacial score (nSPS) is 10.9. The molecule has 0 amide bonds. The van der Waals surface area contributed by atoms with Gasteiger partial charge in [-0.1, -0.05) is 58.0 Å². The maximum atomic E-state index is 6.05. The Balaban J connectivity index is 2.00. The van der Waals surface area contributed by atoms with Crippen LogP contribution in [0, 0.1) is 0 Å². The standard InChI is InChI=1S/C15H21BrCl2O2/c16-8-3-1-2-4-9-19-10-11-20-12-13-14(17)6-5-7-15(13)18/h5-7H,1-4,8-12H2. The first-order valence-electron chi connectivity index (χ1n) is 6.90. The lowest BCUT2D eigenvalue weighted by molar-refractivity contribution is 0.0393. The zero-order valence-electron chi connectivity index (χ0n) is 11.5. The quantitative estimate of drug-likeness (QED) is 0.372. The molecule has 0 aliphatic carbocycles. The summed E-state index contributed by atoms with van der Waals surface area (Å²) in [6.07, 6.45) is 4.84. The number of rotatable bonds is 11. The van der Waals surface area contributed by atoms with Crippen molar-refractivity contribution < 1.29 is 9.47 Å². The first kappa shape index (κ1) is 18.2. The van der Waals surface area contributed by atoms with E-state index < -0.39 is 0 Å². The Morgan fingerprint density at radius 3 is 2.20 bits per heavy atom. The Bertz CT molecular complexity index is 355. The summed E-state index contributed by atoms with van der Waals surface area (Å²) in [5.41, 5.74) is 0.839. The number of hydrogen-bond donors (Lipinski definition) is 0. The molecule has 0 saturated carbocycles. The SMILES string of the molecule is Clc1cccc(Cl)c1COCCOCCCCCCBr. The second kappa shape index (κ2) is 11.8. The lowest BCUT2D eigenvalue weighted by Gasteiger charge is -2.08. The zero-order chi connectivity index (χ0) is 14.6. The third-order valence-corrected chi connectivity index (χ3v) is 4.12. The molecule has 0 bridgehead atoms. The molecule has 20 heavy (non-hydrogen) atoms. The van der Waals surface area contributed by atoms with Gasteiger partial charge in [0.05, 0.1) is 19.8 Å². The topological polar surface area (TPSA) is 18.5 Å². The van der Waals surface area contributed by atoms with Gasteiger partial charge in [-0.3, -0.25) is 0 Å². The monoisotopic (exact) mass is 382 g/mol. The molecule has 0 heterocycles. The van der Waals surface area contributed by atoms with Crippen LogP contribution >= 0.6 is 39.1 Å². The second-order valence-corrected chi connectivity index (χ2v) is 6.08. The Morgan fingerprint density at radius 2 is 1.50 bits per heavy atom. The van der Waals surface area contributed by atoms with Crippen LogP contribution in [0.15, 0.2) is 18.2 Å². The van der Waals surface area contributed by atoms with Crippen LogP contribution in [0.4, 0.5) is 0 Å². The first-order valence-corrected chi connectivity index (χ1v) is 8.77. The van der Waals surface area contributed by atoms with Crippen molar-refractivity contribution in [3.05, 3.63) is 33.8 Å². The van der Waals surface area contributed by atoms with Crippen LogP contribution in [-0.4, -0.2) is 25.2 Å². The fourth-order valence-electron chi connectivity index (χ4n) is 1.72. The van der Waals surface area contributed by atoms with Gasteiger partial charge in [0.1, 0.15) is 0 Å². The highest BCUT2D eigenvalue weighted by atomic mass is 79.9. The smallest absolute Gasteiger partial charge is 0.0747 e. The fourth-order valence-corrected chi connectivity index (χ4v) is 2.62. The minimum Gasteiger partial charge on any atom is -0.379 e. The van der Waals surface area contributed by atoms with Crippen molar-refractivity contribution >= 4 is 39.1 Å². The van der Waals surface area contributed by atoms with Gasteiger partial charge in [-0.15, -0.1) is 0 Å². The van der Waals surface area contributed by atoms with Crippen LogP contribution in [0.2, 0.25) is 10.0 Å². The summed E-state index contributed by atoms with van der Waals surface area (Å²) in [5.74, 6) is 0. The number of unbranched alkanes of at least 4 members (excludes halogenated alkanes) is 3. The van der Waals surface area contributed by atoms with Gasteiger partial charge in [-0.2, -0.15) is 0 Å². The van der Waals surface area contributed by atoms with E-state index in [-0.39, 0.29) is 0 Å². The highest BCUT2D eigenvalue weighted by Crippen LogP contribution is 2.24. The molecule has 1 aromatic carbocycles. The highest BCUT2D eigenvalue weighted by molar-refractivity contribution is 9.09. The van der Waals surface area contributed by atoms with Gasteiger partial charge in [-0.05, 0) is 25.0 Å². The zero-order valence-corrected chi connectivity index (χ0v) is 14.6. The Kier molecular flexibility index (Phi) is 10.8. The van der Waals surface area contributed by atoms with Gasteiger partial charge < -0.3 is 9.47 Å². The average molecular weight is 384 g/mol. The first-order chi connectivity index (χ1) is 9.75. The fraction of sp³-hybridized carbons (Fsp3) is 0.600. The largest absolute Gasteiger partial charge is 0.379 e. The third-order valence-electron chi connectivity index (χ3n) is 2.85. The van der Waals surface area contributed by atoms with Crippen molar-refractivity contribution in [3.8, 4) is 0 Å². The summed E-state index contributed by atoms with van der Waals surface area (Å²) in [5, 5.41) is 2.38. The molecule has 0 aromatic heterocycles. The lowest BCUT2D eigenvalue weighted by Crippen LogP contribution is -2.06. The number of ether oxygens (including phenoxy) is 2. The van der Waals surface area contributed by atoms with E-state index in [9.17, 15) is 0 Å². The van der Waals surface area contributed by atoms with Crippen molar-refractivity contribution in [1.82, 2.24) is 0 Å². The van der Waals surface area contributed by atoms with Crippen LogP contribution in [0.3, 0.4) is 0 Å². The van der Waals surface area contributed by atoms with E-state index in [0.717, 1.165) is 23.9 Å². The maximum Gasteiger partial charge on any atom is 0.0747 e. The molecule has 5 heteroatoms. The minimum atomic E-state index is 0.424. The lowest BCUT2D eigenvalue weighted by atomic mass is 10.2. The van der Waals surface area contributed by atoms with E-state index in [1.807, 2.05) is 18.2 Å². The summed E-state index contributed by atoms with van der Waals surface area (Å²) in [7, 11) is 0. The van der Waals surface area contributed by atoms with E-state index >= 15 is 0 Å². The molecule has 2 nitrogen and oxygen atoms in total. The van der Waals surface area contributed by atoms with Crippen LogP contribution in [0.1, 0.15) is 31.2 Å². The van der Waals surface area contributed by atoms with E-state index in [2.05, 4.69) is 15.9 Å². The molecule has 0 aliphatic heterocycles. The molecule has 0 N–H and O–H groups in total. The van der Waals surface area contributed by atoms with Crippen LogP contribution in [0.5, 0.6) is 0 Å². The maximum absolute atomic E-state index is 6.05. The van der Waals surface area contributed by atoms with Crippen molar-refractivity contribution in [2.75, 3.05) is 25.2 Å².